The number of nitrogens with one attached hydrogen (secondary N) is 1. The van der Waals surface area contributed by atoms with E-state index in [4.69, 9.17) is 11.0 Å². The van der Waals surface area contributed by atoms with E-state index >= 15 is 0 Å². The van der Waals surface area contributed by atoms with E-state index in [2.05, 4.69) is 16.4 Å². The monoisotopic (exact) mass is 188 g/mol. The van der Waals surface area contributed by atoms with E-state index in [-0.39, 0.29) is 6.04 Å². The van der Waals surface area contributed by atoms with E-state index in [1.54, 1.807) is 6.07 Å². The lowest BCUT2D eigenvalue weighted by Gasteiger charge is -1.99. The maximum atomic E-state index is 10.8. The number of nitrogens with zero attached hydrogens (tertiary/aromatic N) is 2. The Morgan fingerprint density at radius 2 is 2.57 bits per heavy atom. The van der Waals surface area contributed by atoms with Gasteiger partial charge in [0.1, 0.15) is 11.9 Å². The van der Waals surface area contributed by atoms with Gasteiger partial charge in [-0.25, -0.2) is 4.98 Å². The Hall–Kier alpha value is -2.09. The molecule has 0 aliphatic carbocycles. The molecule has 0 bridgehead atoms. The molecule has 2 rings (SSSR count). The van der Waals surface area contributed by atoms with Crippen LogP contribution in [0.5, 0.6) is 0 Å². The average Bonchev–Trinajstić information content (AvgIpc) is 2.58. The van der Waals surface area contributed by atoms with Crippen LogP contribution in [0.25, 0.3) is 0 Å². The number of aromatic nitrogens is 1. The molecule has 1 aromatic rings. The predicted molar refractivity (Wildman–Crippen MR) is 49.5 cm³/mol. The minimum absolute atomic E-state index is 0.249. The quantitative estimate of drug-likeness (QED) is 0.650. The Labute approximate surface area is 80.5 Å². The van der Waals surface area contributed by atoms with Crippen molar-refractivity contribution in [3.05, 3.63) is 23.4 Å². The zero-order chi connectivity index (χ0) is 10.1. The van der Waals surface area contributed by atoms with E-state index in [9.17, 15) is 4.79 Å². The van der Waals surface area contributed by atoms with Crippen molar-refractivity contribution < 1.29 is 4.79 Å². The third-order valence-corrected chi connectivity index (χ3v) is 2.14. The summed E-state index contributed by atoms with van der Waals surface area (Å²) in [5.41, 5.74) is 6.36. The SMILES string of the molecule is N#C[C@@H]1Cc2cc(C(N)=O)cnc2N1. The van der Waals surface area contributed by atoms with Gasteiger partial charge in [-0.3, -0.25) is 4.79 Å². The van der Waals surface area contributed by atoms with Gasteiger partial charge in [0, 0.05) is 12.6 Å². The van der Waals surface area contributed by atoms with Gasteiger partial charge in [-0.2, -0.15) is 5.26 Å². The van der Waals surface area contributed by atoms with E-state index in [1.165, 1.54) is 6.20 Å². The second-order valence-electron chi connectivity index (χ2n) is 3.13. The first-order valence-electron chi connectivity index (χ1n) is 4.15. The lowest BCUT2D eigenvalue weighted by molar-refractivity contribution is 0.1000. The van der Waals surface area contributed by atoms with Gasteiger partial charge < -0.3 is 11.1 Å². The fourth-order valence-electron chi connectivity index (χ4n) is 1.44. The molecule has 0 saturated heterocycles. The molecule has 0 saturated carbocycles. The van der Waals surface area contributed by atoms with Gasteiger partial charge in [0.05, 0.1) is 11.6 Å². The molecule has 0 fully saturated rings. The van der Waals surface area contributed by atoms with Crippen molar-refractivity contribution in [1.82, 2.24) is 4.98 Å². The summed E-state index contributed by atoms with van der Waals surface area (Å²) in [6.07, 6.45) is 1.98. The van der Waals surface area contributed by atoms with Crippen molar-refractivity contribution in [1.29, 1.82) is 5.26 Å². The number of carbonyl (C=O) groups excluding carboxylic acids is 1. The molecule has 0 spiro atoms. The second kappa shape index (κ2) is 3.00. The van der Waals surface area contributed by atoms with Gasteiger partial charge in [-0.1, -0.05) is 0 Å². The van der Waals surface area contributed by atoms with Crippen LogP contribution in [0, 0.1) is 11.3 Å². The number of amides is 1. The van der Waals surface area contributed by atoms with Crippen LogP contribution in [0.4, 0.5) is 5.82 Å². The van der Waals surface area contributed by atoms with Crippen molar-refractivity contribution in [3.63, 3.8) is 0 Å². The maximum Gasteiger partial charge on any atom is 0.250 e. The number of hydrogen-bond acceptors (Lipinski definition) is 4. The van der Waals surface area contributed by atoms with Gasteiger partial charge in [0.25, 0.3) is 0 Å². The number of hydrogen-bond donors (Lipinski definition) is 2. The molecule has 5 heteroatoms. The minimum Gasteiger partial charge on any atom is -0.366 e. The van der Waals surface area contributed by atoms with E-state index in [0.717, 1.165) is 5.56 Å². The van der Waals surface area contributed by atoms with Crippen LogP contribution in [-0.2, 0) is 6.42 Å². The molecule has 14 heavy (non-hydrogen) atoms. The molecule has 2 heterocycles. The summed E-state index contributed by atoms with van der Waals surface area (Å²) in [7, 11) is 0. The molecule has 0 aromatic carbocycles. The summed E-state index contributed by atoms with van der Waals surface area (Å²) < 4.78 is 0. The third-order valence-electron chi connectivity index (χ3n) is 2.14. The van der Waals surface area contributed by atoms with E-state index < -0.39 is 5.91 Å². The zero-order valence-electron chi connectivity index (χ0n) is 7.32. The number of nitriles is 1. The standard InChI is InChI=1S/C9H8N4O/c10-3-7-2-5-1-6(8(11)14)4-12-9(5)13-7/h1,4,7H,2H2,(H2,11,14)(H,12,13)/t7-/m0/s1. The zero-order valence-corrected chi connectivity index (χ0v) is 7.32. The molecule has 1 atom stereocenters. The lowest BCUT2D eigenvalue weighted by Crippen LogP contribution is -2.11. The minimum atomic E-state index is -0.499. The average molecular weight is 188 g/mol. The van der Waals surface area contributed by atoms with Crippen LogP contribution in [-0.4, -0.2) is 16.9 Å². The molecular formula is C9H8N4O. The molecule has 1 aliphatic rings. The summed E-state index contributed by atoms with van der Waals surface area (Å²) in [4.78, 5) is 14.9. The van der Waals surface area contributed by atoms with Crippen LogP contribution in [0.2, 0.25) is 0 Å². The van der Waals surface area contributed by atoms with Crippen molar-refractivity contribution in [2.75, 3.05) is 5.32 Å². The summed E-state index contributed by atoms with van der Waals surface area (Å²) in [6.45, 7) is 0. The summed E-state index contributed by atoms with van der Waals surface area (Å²) >= 11 is 0. The highest BCUT2D eigenvalue weighted by Gasteiger charge is 2.21. The first-order valence-corrected chi connectivity index (χ1v) is 4.15. The highest BCUT2D eigenvalue weighted by molar-refractivity contribution is 5.93. The molecule has 3 N–H and O–H groups in total. The number of pyridine rings is 1. The largest absolute Gasteiger partial charge is 0.366 e. The smallest absolute Gasteiger partial charge is 0.250 e. The van der Waals surface area contributed by atoms with Crippen LogP contribution in [0.1, 0.15) is 15.9 Å². The van der Waals surface area contributed by atoms with Gasteiger partial charge in [0.15, 0.2) is 0 Å². The Bertz CT molecular complexity index is 435. The molecule has 0 radical (unpaired) electrons. The Kier molecular flexibility index (Phi) is 1.82. The van der Waals surface area contributed by atoms with Crippen molar-refractivity contribution in [2.24, 2.45) is 5.73 Å². The number of rotatable bonds is 1. The molecule has 0 unspecified atom stereocenters. The molecule has 1 aliphatic heterocycles. The highest BCUT2D eigenvalue weighted by Crippen LogP contribution is 2.23. The number of anilines is 1. The number of nitrogens with two attached hydrogens (primary N) is 1. The van der Waals surface area contributed by atoms with Crippen molar-refractivity contribution in [2.45, 2.75) is 12.5 Å². The third kappa shape index (κ3) is 1.27. The first kappa shape index (κ1) is 8.51. The number of primary amides is 1. The van der Waals surface area contributed by atoms with Gasteiger partial charge >= 0.3 is 0 Å². The number of fused-ring (bicyclic) bond motifs is 1. The first-order chi connectivity index (χ1) is 6.70. The van der Waals surface area contributed by atoms with E-state index in [1.807, 2.05) is 0 Å². The van der Waals surface area contributed by atoms with Crippen molar-refractivity contribution >= 4 is 11.7 Å². The number of carbonyl (C=O) groups is 1. The van der Waals surface area contributed by atoms with Crippen LogP contribution in [0.3, 0.4) is 0 Å². The summed E-state index contributed by atoms with van der Waals surface area (Å²) in [6, 6.07) is 3.52. The molecule has 1 aromatic heterocycles. The summed E-state index contributed by atoms with van der Waals surface area (Å²) in [5, 5.41) is 11.6. The van der Waals surface area contributed by atoms with Crippen molar-refractivity contribution in [3.8, 4) is 6.07 Å². The normalized spacial score (nSPS) is 18.1. The van der Waals surface area contributed by atoms with Gasteiger partial charge in [-0.15, -0.1) is 0 Å². The predicted octanol–water partition coefficient (Wildman–Crippen LogP) is 0.0407. The topological polar surface area (TPSA) is 91.8 Å². The fraction of sp³-hybridized carbons (Fsp3) is 0.222. The molecular weight excluding hydrogens is 180 g/mol. The Morgan fingerprint density at radius 3 is 3.21 bits per heavy atom. The van der Waals surface area contributed by atoms with E-state index in [0.29, 0.717) is 17.8 Å². The highest BCUT2D eigenvalue weighted by atomic mass is 16.1. The molecule has 70 valence electrons. The lowest BCUT2D eigenvalue weighted by atomic mass is 10.1. The van der Waals surface area contributed by atoms with Gasteiger partial charge in [-0.05, 0) is 11.6 Å². The van der Waals surface area contributed by atoms with Crippen LogP contribution in [0.15, 0.2) is 12.3 Å². The Morgan fingerprint density at radius 1 is 1.79 bits per heavy atom. The second-order valence-corrected chi connectivity index (χ2v) is 3.13. The molecule has 5 nitrogen and oxygen atoms in total. The van der Waals surface area contributed by atoms with Crippen LogP contribution < -0.4 is 11.1 Å². The molecule has 1 amide bonds. The Balaban J connectivity index is 2.36. The van der Waals surface area contributed by atoms with Crippen LogP contribution >= 0.6 is 0 Å². The fourth-order valence-corrected chi connectivity index (χ4v) is 1.44. The van der Waals surface area contributed by atoms with Gasteiger partial charge in [0.2, 0.25) is 5.91 Å². The summed E-state index contributed by atoms with van der Waals surface area (Å²) in [5.74, 6) is 0.169. The maximum absolute atomic E-state index is 10.8.